The van der Waals surface area contributed by atoms with E-state index in [1.807, 2.05) is 38.1 Å². The van der Waals surface area contributed by atoms with Crippen molar-refractivity contribution in [1.29, 1.82) is 0 Å². The largest absolute Gasteiger partial charge is 0.262 e. The van der Waals surface area contributed by atoms with Gasteiger partial charge in [0, 0.05) is 30.0 Å². The number of hydrogen-bond donors (Lipinski definition) is 0. The summed E-state index contributed by atoms with van der Waals surface area (Å²) in [4.78, 5) is 4.14. The van der Waals surface area contributed by atoms with Crippen molar-refractivity contribution < 1.29 is 8.42 Å². The first-order valence-corrected chi connectivity index (χ1v) is 8.83. The van der Waals surface area contributed by atoms with E-state index in [0.29, 0.717) is 17.6 Å². The van der Waals surface area contributed by atoms with Gasteiger partial charge in [0.2, 0.25) is 10.0 Å². The van der Waals surface area contributed by atoms with Crippen LogP contribution in [0, 0.1) is 6.92 Å². The summed E-state index contributed by atoms with van der Waals surface area (Å²) in [5.74, 6) is 0. The second kappa shape index (κ2) is 6.68. The quantitative estimate of drug-likeness (QED) is 0.812. The molecule has 0 saturated heterocycles. The molecule has 0 amide bonds. The summed E-state index contributed by atoms with van der Waals surface area (Å²) >= 11 is 3.26. The Morgan fingerprint density at radius 3 is 2.62 bits per heavy atom. The van der Waals surface area contributed by atoms with Gasteiger partial charge in [-0.3, -0.25) is 4.98 Å². The molecule has 0 bridgehead atoms. The molecule has 0 unspecified atom stereocenters. The van der Waals surface area contributed by atoms with Crippen LogP contribution < -0.4 is 0 Å². The average Bonchev–Trinajstić information content (AvgIpc) is 2.44. The van der Waals surface area contributed by atoms with Crippen molar-refractivity contribution in [2.75, 3.05) is 6.54 Å². The zero-order valence-electron chi connectivity index (χ0n) is 12.0. The maximum Gasteiger partial charge on any atom is 0.244 e. The smallest absolute Gasteiger partial charge is 0.244 e. The second-order valence-corrected chi connectivity index (χ2v) is 7.61. The van der Waals surface area contributed by atoms with Gasteiger partial charge < -0.3 is 0 Å². The second-order valence-electron chi connectivity index (χ2n) is 4.76. The molecule has 0 aliphatic carbocycles. The lowest BCUT2D eigenvalue weighted by Crippen LogP contribution is -2.30. The van der Waals surface area contributed by atoms with Crippen LogP contribution in [0.1, 0.15) is 18.1 Å². The molecule has 0 aliphatic heterocycles. The summed E-state index contributed by atoms with van der Waals surface area (Å²) in [5, 5.41) is 0. The minimum Gasteiger partial charge on any atom is -0.262 e. The molecule has 0 aliphatic rings. The minimum atomic E-state index is -3.54. The Balaban J connectivity index is 2.32. The number of hydrogen-bond acceptors (Lipinski definition) is 3. The Bertz CT molecular complexity index is 732. The molecule has 0 saturated carbocycles. The number of pyridine rings is 1. The zero-order chi connectivity index (χ0) is 15.5. The first-order valence-electron chi connectivity index (χ1n) is 6.59. The van der Waals surface area contributed by atoms with Crippen molar-refractivity contribution >= 4 is 26.0 Å². The van der Waals surface area contributed by atoms with Crippen molar-refractivity contribution in [3.05, 3.63) is 58.3 Å². The van der Waals surface area contributed by atoms with E-state index < -0.39 is 10.0 Å². The fraction of sp³-hybridized carbons (Fsp3) is 0.267. The van der Waals surface area contributed by atoms with E-state index in [4.69, 9.17) is 0 Å². The van der Waals surface area contributed by atoms with Crippen LogP contribution in [-0.4, -0.2) is 24.3 Å². The minimum absolute atomic E-state index is 0.200. The molecule has 112 valence electrons. The number of sulfonamides is 1. The average molecular weight is 369 g/mol. The fourth-order valence-corrected chi connectivity index (χ4v) is 4.01. The van der Waals surface area contributed by atoms with E-state index in [1.165, 1.54) is 10.5 Å². The molecule has 0 radical (unpaired) electrons. The molecule has 21 heavy (non-hydrogen) atoms. The number of aryl methyl sites for hydroxylation is 1. The normalized spacial score (nSPS) is 11.8. The molecule has 1 aromatic carbocycles. The van der Waals surface area contributed by atoms with Crippen LogP contribution in [0.4, 0.5) is 0 Å². The molecule has 6 heteroatoms. The van der Waals surface area contributed by atoms with Gasteiger partial charge in [0.25, 0.3) is 0 Å². The summed E-state index contributed by atoms with van der Waals surface area (Å²) in [7, 11) is -3.54. The first kappa shape index (κ1) is 16.1. The summed E-state index contributed by atoms with van der Waals surface area (Å²) < 4.78 is 27.4. The van der Waals surface area contributed by atoms with Crippen LogP contribution in [-0.2, 0) is 16.6 Å². The summed E-state index contributed by atoms with van der Waals surface area (Å²) in [6.45, 7) is 4.58. The maximum atomic E-state index is 12.7. The lowest BCUT2D eigenvalue weighted by molar-refractivity contribution is 0.423. The molecule has 2 rings (SSSR count). The van der Waals surface area contributed by atoms with Crippen LogP contribution in [0.3, 0.4) is 0 Å². The third-order valence-corrected chi connectivity index (χ3v) is 5.43. The van der Waals surface area contributed by atoms with Gasteiger partial charge in [-0.2, -0.15) is 4.31 Å². The van der Waals surface area contributed by atoms with Crippen LogP contribution in [0.25, 0.3) is 0 Å². The number of nitrogens with zero attached hydrogens (tertiary/aromatic N) is 2. The molecule has 0 fully saturated rings. The molecule has 4 nitrogen and oxygen atoms in total. The SMILES string of the molecule is CCN(Cc1cccc(C)c1)S(=O)(=O)c1cncc(Br)c1. The summed E-state index contributed by atoms with van der Waals surface area (Å²) in [5.41, 5.74) is 2.09. The monoisotopic (exact) mass is 368 g/mol. The molecule has 0 atom stereocenters. The first-order chi connectivity index (χ1) is 9.93. The van der Waals surface area contributed by atoms with Crippen LogP contribution in [0.2, 0.25) is 0 Å². The highest BCUT2D eigenvalue weighted by Gasteiger charge is 2.23. The Morgan fingerprint density at radius 2 is 2.00 bits per heavy atom. The van der Waals surface area contributed by atoms with Gasteiger partial charge in [0.05, 0.1) is 0 Å². The van der Waals surface area contributed by atoms with Gasteiger partial charge in [-0.05, 0) is 34.5 Å². The van der Waals surface area contributed by atoms with E-state index in [9.17, 15) is 8.42 Å². The Labute approximate surface area is 134 Å². The third kappa shape index (κ3) is 3.90. The van der Waals surface area contributed by atoms with Gasteiger partial charge in [-0.15, -0.1) is 0 Å². The number of rotatable bonds is 5. The lowest BCUT2D eigenvalue weighted by atomic mass is 10.1. The predicted octanol–water partition coefficient (Wildman–Crippen LogP) is 3.36. The topological polar surface area (TPSA) is 50.3 Å². The van der Waals surface area contributed by atoms with Crippen molar-refractivity contribution in [3.8, 4) is 0 Å². The summed E-state index contributed by atoms with van der Waals surface area (Å²) in [6.07, 6.45) is 2.94. The predicted molar refractivity (Wildman–Crippen MR) is 86.4 cm³/mol. The lowest BCUT2D eigenvalue weighted by Gasteiger charge is -2.20. The van der Waals surface area contributed by atoms with Crippen LogP contribution in [0.5, 0.6) is 0 Å². The van der Waals surface area contributed by atoms with E-state index in [2.05, 4.69) is 20.9 Å². The highest BCUT2D eigenvalue weighted by atomic mass is 79.9. The van der Waals surface area contributed by atoms with Gasteiger partial charge in [-0.25, -0.2) is 8.42 Å². The number of aromatic nitrogens is 1. The highest BCUT2D eigenvalue weighted by Crippen LogP contribution is 2.20. The van der Waals surface area contributed by atoms with Crippen molar-refractivity contribution in [2.45, 2.75) is 25.3 Å². The van der Waals surface area contributed by atoms with E-state index in [-0.39, 0.29) is 4.90 Å². The van der Waals surface area contributed by atoms with Crippen LogP contribution in [0.15, 0.2) is 52.1 Å². The van der Waals surface area contributed by atoms with E-state index in [1.54, 1.807) is 12.3 Å². The molecular formula is C15H17BrN2O2S. The van der Waals surface area contributed by atoms with E-state index >= 15 is 0 Å². The Hall–Kier alpha value is -1.24. The van der Waals surface area contributed by atoms with Crippen LogP contribution >= 0.6 is 15.9 Å². The third-order valence-electron chi connectivity index (χ3n) is 3.11. The van der Waals surface area contributed by atoms with Gasteiger partial charge in [0.15, 0.2) is 0 Å². The summed E-state index contributed by atoms with van der Waals surface area (Å²) in [6, 6.07) is 9.43. The fourth-order valence-electron chi connectivity index (χ4n) is 2.06. The molecular weight excluding hydrogens is 352 g/mol. The van der Waals surface area contributed by atoms with Crippen molar-refractivity contribution in [3.63, 3.8) is 0 Å². The maximum absolute atomic E-state index is 12.7. The Kier molecular flexibility index (Phi) is 5.13. The zero-order valence-corrected chi connectivity index (χ0v) is 14.4. The standard InChI is InChI=1S/C15H17BrN2O2S/c1-3-18(11-13-6-4-5-12(2)7-13)21(19,20)15-8-14(16)9-17-10-15/h4-10H,3,11H2,1-2H3. The molecule has 1 heterocycles. The molecule has 1 aromatic heterocycles. The van der Waals surface area contributed by atoms with E-state index in [0.717, 1.165) is 11.1 Å². The van der Waals surface area contributed by atoms with Gasteiger partial charge >= 0.3 is 0 Å². The van der Waals surface area contributed by atoms with Gasteiger partial charge in [0.1, 0.15) is 4.90 Å². The van der Waals surface area contributed by atoms with Crippen molar-refractivity contribution in [1.82, 2.24) is 9.29 Å². The Morgan fingerprint density at radius 1 is 1.24 bits per heavy atom. The van der Waals surface area contributed by atoms with Crippen molar-refractivity contribution in [2.24, 2.45) is 0 Å². The molecule has 2 aromatic rings. The number of benzene rings is 1. The number of halogens is 1. The highest BCUT2D eigenvalue weighted by molar-refractivity contribution is 9.10. The molecule has 0 spiro atoms. The molecule has 0 N–H and O–H groups in total. The van der Waals surface area contributed by atoms with Gasteiger partial charge in [-0.1, -0.05) is 36.8 Å².